The Morgan fingerprint density at radius 1 is 0.791 bits per heavy atom. The minimum atomic E-state index is -4.33. The first-order chi connectivity index (χ1) is 20.1. The van der Waals surface area contributed by atoms with Crippen LogP contribution in [0.5, 0.6) is 0 Å². The average molecular weight is 597 g/mol. The molecule has 236 valence electrons. The molecule has 0 spiro atoms. The lowest BCUT2D eigenvalue weighted by molar-refractivity contribution is -0.137. The van der Waals surface area contributed by atoms with Crippen molar-refractivity contribution >= 4 is 0 Å². The number of furan rings is 1. The maximum absolute atomic E-state index is 12.6. The molecular formula is C37H51F3N2O. The fourth-order valence-corrected chi connectivity index (χ4v) is 5.43. The fraction of sp³-hybridized carbons (Fsp3) is 0.486. The second-order valence-electron chi connectivity index (χ2n) is 12.2. The summed E-state index contributed by atoms with van der Waals surface area (Å²) >= 11 is 0. The number of rotatable bonds is 3. The standard InChI is InChI=1S/C21H28O.C12H11F3N2.2C2H6/c1-14-11-18-19(21(5,6)10-9-20(18,3)4)13-16(14)12-17-8-7-15(2)22-17;1-8-6-9(2)17(16-8)11-5-3-4-10(7-11)12(13,14)15;2*1-2/h7-8,11,13H,9-10,12H2,1-6H3;3-7H,1-2H3;2*1-2H3. The molecule has 43 heavy (non-hydrogen) atoms. The third-order valence-corrected chi connectivity index (χ3v) is 7.90. The molecule has 6 heteroatoms. The Bertz CT molecular complexity index is 1470. The minimum Gasteiger partial charge on any atom is -0.466 e. The molecule has 0 bridgehead atoms. The molecule has 2 aromatic heterocycles. The summed E-state index contributed by atoms with van der Waals surface area (Å²) < 4.78 is 45.0. The van der Waals surface area contributed by atoms with E-state index in [-0.39, 0.29) is 10.8 Å². The highest BCUT2D eigenvalue weighted by molar-refractivity contribution is 5.47. The third-order valence-electron chi connectivity index (χ3n) is 7.90. The van der Waals surface area contributed by atoms with E-state index in [0.717, 1.165) is 41.5 Å². The Hall–Kier alpha value is -3.28. The van der Waals surface area contributed by atoms with Crippen LogP contribution in [0.25, 0.3) is 5.69 Å². The first kappa shape index (κ1) is 35.9. The van der Waals surface area contributed by atoms with Gasteiger partial charge in [-0.2, -0.15) is 18.3 Å². The van der Waals surface area contributed by atoms with Crippen molar-refractivity contribution in [2.45, 2.75) is 119 Å². The summed E-state index contributed by atoms with van der Waals surface area (Å²) in [7, 11) is 0. The van der Waals surface area contributed by atoms with Crippen molar-refractivity contribution in [2.24, 2.45) is 0 Å². The van der Waals surface area contributed by atoms with Gasteiger partial charge in [-0.05, 0) is 110 Å². The van der Waals surface area contributed by atoms with E-state index in [9.17, 15) is 13.2 Å². The number of alkyl halides is 3. The van der Waals surface area contributed by atoms with Crippen LogP contribution in [0.15, 0.2) is 59.0 Å². The summed E-state index contributed by atoms with van der Waals surface area (Å²) in [6.45, 7) is 25.4. The molecule has 4 aromatic rings. The number of halogens is 3. The van der Waals surface area contributed by atoms with Crippen LogP contribution in [0, 0.1) is 27.7 Å². The number of hydrogen-bond acceptors (Lipinski definition) is 2. The van der Waals surface area contributed by atoms with Gasteiger partial charge in [-0.1, -0.05) is 73.6 Å². The molecule has 0 saturated carbocycles. The molecule has 5 rings (SSSR count). The molecule has 2 heterocycles. The van der Waals surface area contributed by atoms with Gasteiger partial charge in [-0.25, -0.2) is 4.68 Å². The van der Waals surface area contributed by atoms with Gasteiger partial charge < -0.3 is 4.42 Å². The van der Waals surface area contributed by atoms with Crippen LogP contribution < -0.4 is 0 Å². The quantitative estimate of drug-likeness (QED) is 0.236. The van der Waals surface area contributed by atoms with Gasteiger partial charge >= 0.3 is 6.18 Å². The van der Waals surface area contributed by atoms with Gasteiger partial charge in [0.1, 0.15) is 11.5 Å². The third kappa shape index (κ3) is 8.87. The molecule has 0 N–H and O–H groups in total. The summed E-state index contributed by atoms with van der Waals surface area (Å²) in [5, 5.41) is 4.15. The van der Waals surface area contributed by atoms with Crippen LogP contribution in [0.4, 0.5) is 13.2 Å². The van der Waals surface area contributed by atoms with E-state index in [2.05, 4.69) is 64.0 Å². The maximum Gasteiger partial charge on any atom is 0.416 e. The predicted molar refractivity (Wildman–Crippen MR) is 173 cm³/mol. The summed E-state index contributed by atoms with van der Waals surface area (Å²) in [6, 6.07) is 16.0. The van der Waals surface area contributed by atoms with Crippen LogP contribution in [-0.4, -0.2) is 9.78 Å². The highest BCUT2D eigenvalue weighted by atomic mass is 19.4. The van der Waals surface area contributed by atoms with Crippen molar-refractivity contribution in [3.05, 3.63) is 105 Å². The summed E-state index contributed by atoms with van der Waals surface area (Å²) in [5.74, 6) is 2.06. The Morgan fingerprint density at radius 3 is 1.86 bits per heavy atom. The average Bonchev–Trinajstić information content (AvgIpc) is 3.53. The SMILES string of the molecule is CC.CC.Cc1cc(C)n(-c2cccc(C(F)(F)F)c2)n1.Cc1ccc(Cc2cc3c(cc2C)C(C)(C)CCC3(C)C)o1. The smallest absolute Gasteiger partial charge is 0.416 e. The lowest BCUT2D eigenvalue weighted by atomic mass is 9.62. The van der Waals surface area contributed by atoms with Gasteiger partial charge in [0.05, 0.1) is 16.9 Å². The monoisotopic (exact) mass is 596 g/mol. The molecule has 0 atom stereocenters. The first-order valence-electron chi connectivity index (χ1n) is 15.5. The Balaban J connectivity index is 0.000000276. The van der Waals surface area contributed by atoms with Crippen molar-refractivity contribution in [3.8, 4) is 5.69 Å². The maximum atomic E-state index is 12.6. The number of fused-ring (bicyclic) bond motifs is 1. The lowest BCUT2D eigenvalue weighted by Crippen LogP contribution is -2.34. The normalized spacial score (nSPS) is 14.7. The highest BCUT2D eigenvalue weighted by Gasteiger charge is 2.37. The van der Waals surface area contributed by atoms with Crippen molar-refractivity contribution in [1.29, 1.82) is 0 Å². The van der Waals surface area contributed by atoms with E-state index < -0.39 is 11.7 Å². The Kier molecular flexibility index (Phi) is 12.1. The van der Waals surface area contributed by atoms with Crippen molar-refractivity contribution in [3.63, 3.8) is 0 Å². The van der Waals surface area contributed by atoms with Crippen LogP contribution in [0.3, 0.4) is 0 Å². The topological polar surface area (TPSA) is 31.0 Å². The molecule has 0 radical (unpaired) electrons. The Morgan fingerprint density at radius 2 is 1.37 bits per heavy atom. The van der Waals surface area contributed by atoms with E-state index in [0.29, 0.717) is 5.69 Å². The van der Waals surface area contributed by atoms with E-state index >= 15 is 0 Å². The highest BCUT2D eigenvalue weighted by Crippen LogP contribution is 2.46. The Labute approximate surface area is 257 Å². The molecule has 0 saturated heterocycles. The van der Waals surface area contributed by atoms with Gasteiger partial charge in [-0.15, -0.1) is 0 Å². The molecular weight excluding hydrogens is 545 g/mol. The molecule has 0 unspecified atom stereocenters. The summed E-state index contributed by atoms with van der Waals surface area (Å²) in [4.78, 5) is 0. The van der Waals surface area contributed by atoms with E-state index in [4.69, 9.17) is 4.42 Å². The largest absolute Gasteiger partial charge is 0.466 e. The zero-order valence-corrected chi connectivity index (χ0v) is 28.3. The number of aryl methyl sites for hydroxylation is 4. The van der Waals surface area contributed by atoms with E-state index in [1.54, 1.807) is 25.5 Å². The summed E-state index contributed by atoms with van der Waals surface area (Å²) in [6.07, 6.45) is -0.909. The van der Waals surface area contributed by atoms with Crippen molar-refractivity contribution in [1.82, 2.24) is 9.78 Å². The molecule has 0 fully saturated rings. The van der Waals surface area contributed by atoms with Crippen LogP contribution in [0.2, 0.25) is 0 Å². The molecule has 1 aliphatic rings. The van der Waals surface area contributed by atoms with E-state index in [1.807, 2.05) is 40.7 Å². The zero-order valence-electron chi connectivity index (χ0n) is 28.3. The van der Waals surface area contributed by atoms with Crippen LogP contribution >= 0.6 is 0 Å². The number of aromatic nitrogens is 2. The number of hydrogen-bond donors (Lipinski definition) is 0. The second kappa shape index (κ2) is 14.5. The predicted octanol–water partition coefficient (Wildman–Crippen LogP) is 11.4. The zero-order chi connectivity index (χ0) is 32.8. The second-order valence-corrected chi connectivity index (χ2v) is 12.2. The van der Waals surface area contributed by atoms with Crippen LogP contribution in [-0.2, 0) is 23.4 Å². The van der Waals surface area contributed by atoms with E-state index in [1.165, 1.54) is 40.3 Å². The van der Waals surface area contributed by atoms with Gasteiger partial charge in [0.25, 0.3) is 0 Å². The number of nitrogens with zero attached hydrogens (tertiary/aromatic N) is 2. The molecule has 2 aromatic carbocycles. The summed E-state index contributed by atoms with van der Waals surface area (Å²) in [5.41, 5.74) is 7.77. The first-order valence-corrected chi connectivity index (χ1v) is 15.5. The van der Waals surface area contributed by atoms with Gasteiger partial charge in [-0.3, -0.25) is 0 Å². The van der Waals surface area contributed by atoms with Gasteiger partial charge in [0.15, 0.2) is 0 Å². The van der Waals surface area contributed by atoms with Crippen molar-refractivity contribution in [2.75, 3.05) is 0 Å². The molecule has 0 amide bonds. The molecule has 3 nitrogen and oxygen atoms in total. The van der Waals surface area contributed by atoms with Gasteiger partial charge in [0, 0.05) is 12.1 Å². The fourth-order valence-electron chi connectivity index (χ4n) is 5.43. The minimum absolute atomic E-state index is 0.270. The van der Waals surface area contributed by atoms with Crippen LogP contribution in [0.1, 0.15) is 119 Å². The van der Waals surface area contributed by atoms with Crippen molar-refractivity contribution < 1.29 is 17.6 Å². The van der Waals surface area contributed by atoms with Gasteiger partial charge in [0.2, 0.25) is 0 Å². The molecule has 0 aliphatic heterocycles. The molecule has 1 aliphatic carbocycles. The lowest BCUT2D eigenvalue weighted by Gasteiger charge is -2.42. The number of benzene rings is 2.